The summed E-state index contributed by atoms with van der Waals surface area (Å²) in [6.07, 6.45) is 23.8. The number of hydrogen-bond acceptors (Lipinski definition) is 3. The Balaban J connectivity index is 0.970. The van der Waals surface area contributed by atoms with Crippen LogP contribution in [0.5, 0.6) is 0 Å². The lowest BCUT2D eigenvalue weighted by Gasteiger charge is -2.37. The first-order valence-corrected chi connectivity index (χ1v) is 22.3. The average molecular weight is 784 g/mol. The van der Waals surface area contributed by atoms with Crippen LogP contribution in [-0.2, 0) is 6.42 Å². The fourth-order valence-electron chi connectivity index (χ4n) is 9.93. The average Bonchev–Trinajstić information content (AvgIpc) is 3.83. The summed E-state index contributed by atoms with van der Waals surface area (Å²) in [5.74, 6) is 1.24. The quantitative estimate of drug-likeness (QED) is 0.160. The Bertz CT molecular complexity index is 2770. The van der Waals surface area contributed by atoms with Gasteiger partial charge >= 0.3 is 0 Å². The third-order valence-corrected chi connectivity index (χ3v) is 14.1. The molecule has 1 aliphatic heterocycles. The van der Waals surface area contributed by atoms with Gasteiger partial charge in [0.25, 0.3) is 0 Å². The molecular weight excluding hydrogens is 735 g/mol. The maximum Gasteiger partial charge on any atom is 0.0558 e. The van der Waals surface area contributed by atoms with Crippen LogP contribution >= 0.6 is 11.8 Å². The summed E-state index contributed by atoms with van der Waals surface area (Å²) in [4.78, 5) is 8.11. The zero-order valence-electron chi connectivity index (χ0n) is 33.9. The van der Waals surface area contributed by atoms with Gasteiger partial charge in [-0.2, -0.15) is 0 Å². The van der Waals surface area contributed by atoms with Crippen LogP contribution in [0.15, 0.2) is 185 Å². The third-order valence-electron chi connectivity index (χ3n) is 12.8. The molecule has 0 radical (unpaired) electrons. The van der Waals surface area contributed by atoms with Gasteiger partial charge in [-0.1, -0.05) is 135 Å². The Kier molecular flexibility index (Phi) is 9.19. The second-order valence-corrected chi connectivity index (χ2v) is 18.1. The maximum absolute atomic E-state index is 2.63. The van der Waals surface area contributed by atoms with E-state index in [9.17, 15) is 0 Å². The second-order valence-electron chi connectivity index (χ2n) is 17.0. The number of nitrogens with zero attached hydrogens (tertiary/aromatic N) is 3. The molecule has 0 spiro atoms. The van der Waals surface area contributed by atoms with Gasteiger partial charge in [0, 0.05) is 66.3 Å². The SMILES string of the molecule is CC1C=CC2=C(C1)N(c1ccc(-n3c4c(c5ccc(N(C6=CC=CCC6)c6ccc(-c7ccc(-c8ccccc8)cc7)cc6)cc53)C=CCC4)cc1)C1=C(CC(C)C1)S2. The molecule has 4 heteroatoms. The van der Waals surface area contributed by atoms with Gasteiger partial charge in [-0.25, -0.2) is 0 Å². The molecule has 5 aliphatic rings. The predicted octanol–water partition coefficient (Wildman–Crippen LogP) is 15.3. The van der Waals surface area contributed by atoms with E-state index in [-0.39, 0.29) is 0 Å². The minimum atomic E-state index is 0.549. The van der Waals surface area contributed by atoms with Crippen molar-refractivity contribution in [1.29, 1.82) is 0 Å². The summed E-state index contributed by atoms with van der Waals surface area (Å²) in [6.45, 7) is 4.75. The van der Waals surface area contributed by atoms with Gasteiger partial charge in [0.2, 0.25) is 0 Å². The van der Waals surface area contributed by atoms with Crippen molar-refractivity contribution in [2.24, 2.45) is 11.8 Å². The largest absolute Gasteiger partial charge is 0.316 e. The molecule has 59 heavy (non-hydrogen) atoms. The summed E-state index contributed by atoms with van der Waals surface area (Å²) in [7, 11) is 0. The van der Waals surface area contributed by atoms with Crippen molar-refractivity contribution in [3.63, 3.8) is 0 Å². The van der Waals surface area contributed by atoms with Gasteiger partial charge in [-0.05, 0) is 134 Å². The van der Waals surface area contributed by atoms with E-state index in [1.165, 1.54) is 95.6 Å². The van der Waals surface area contributed by atoms with Gasteiger partial charge in [-0.15, -0.1) is 0 Å². The minimum absolute atomic E-state index is 0.549. The van der Waals surface area contributed by atoms with Crippen LogP contribution in [0.1, 0.15) is 63.6 Å². The van der Waals surface area contributed by atoms with Crippen LogP contribution in [0, 0.1) is 11.8 Å². The first-order chi connectivity index (χ1) is 29.1. The lowest BCUT2D eigenvalue weighted by molar-refractivity contribution is 0.617. The fraction of sp³-hybridized carbons (Fsp3) is 0.200. The number of benzene rings is 5. The van der Waals surface area contributed by atoms with E-state index in [2.05, 4.69) is 192 Å². The standard InChI is InChI=1S/C55H49N3S/c1-37-17-32-54-52(33-37)58(53-34-38(2)35-55(53)59-54)46-28-26-45(27-29-46)57-50-16-10-9-15-48(50)49-31-30-47(36-51(49)57)56(43-13-7-4-8-14-43)44-24-22-42(23-25-44)41-20-18-40(19-21-41)39-11-5-3-6-12-39/h3-7,9,11-13,15,17-32,36-38H,8,10,14,16,33-35H2,1-2H3. The molecule has 4 aliphatic carbocycles. The molecule has 0 saturated carbocycles. The van der Waals surface area contributed by atoms with Crippen LogP contribution in [-0.4, -0.2) is 4.57 Å². The highest BCUT2D eigenvalue weighted by Crippen LogP contribution is 2.52. The maximum atomic E-state index is 2.63. The van der Waals surface area contributed by atoms with Gasteiger partial charge in [0.1, 0.15) is 0 Å². The number of hydrogen-bond donors (Lipinski definition) is 0. The smallest absolute Gasteiger partial charge is 0.0558 e. The number of rotatable bonds is 7. The zero-order valence-corrected chi connectivity index (χ0v) is 34.8. The van der Waals surface area contributed by atoms with E-state index < -0.39 is 0 Å². The molecule has 0 fully saturated rings. The molecule has 6 aromatic rings. The van der Waals surface area contributed by atoms with Gasteiger partial charge < -0.3 is 14.4 Å². The highest BCUT2D eigenvalue weighted by Gasteiger charge is 2.35. The zero-order chi connectivity index (χ0) is 39.5. The van der Waals surface area contributed by atoms with Crippen molar-refractivity contribution in [1.82, 2.24) is 4.57 Å². The van der Waals surface area contributed by atoms with E-state index in [1.807, 2.05) is 11.8 Å². The highest BCUT2D eigenvalue weighted by atomic mass is 32.2. The summed E-state index contributed by atoms with van der Waals surface area (Å²) in [6, 6.07) is 45.4. The Labute approximate surface area is 353 Å². The summed E-state index contributed by atoms with van der Waals surface area (Å²) in [5, 5.41) is 1.32. The molecule has 5 aromatic carbocycles. The molecule has 2 unspecified atom stereocenters. The van der Waals surface area contributed by atoms with E-state index >= 15 is 0 Å². The van der Waals surface area contributed by atoms with Gasteiger partial charge in [0.05, 0.1) is 5.52 Å². The lowest BCUT2D eigenvalue weighted by atomic mass is 9.98. The van der Waals surface area contributed by atoms with E-state index in [0.29, 0.717) is 11.8 Å². The van der Waals surface area contributed by atoms with Gasteiger partial charge in [0.15, 0.2) is 0 Å². The van der Waals surface area contributed by atoms with Crippen molar-refractivity contribution < 1.29 is 0 Å². The van der Waals surface area contributed by atoms with Crippen LogP contribution in [0.3, 0.4) is 0 Å². The molecule has 2 heterocycles. The predicted molar refractivity (Wildman–Crippen MR) is 252 cm³/mol. The molecule has 0 amide bonds. The third kappa shape index (κ3) is 6.55. The topological polar surface area (TPSA) is 11.4 Å². The Morgan fingerprint density at radius 3 is 2.07 bits per heavy atom. The van der Waals surface area contributed by atoms with E-state index in [4.69, 9.17) is 0 Å². The number of anilines is 3. The Morgan fingerprint density at radius 1 is 0.627 bits per heavy atom. The summed E-state index contributed by atoms with van der Waals surface area (Å²) in [5.41, 5.74) is 18.2. The normalized spacial score (nSPS) is 19.6. The molecule has 2 atom stereocenters. The molecule has 3 nitrogen and oxygen atoms in total. The fourth-order valence-corrected chi connectivity index (χ4v) is 11.3. The lowest BCUT2D eigenvalue weighted by Crippen LogP contribution is -2.27. The monoisotopic (exact) mass is 783 g/mol. The molecule has 1 aromatic heterocycles. The van der Waals surface area contributed by atoms with Crippen molar-refractivity contribution in [2.45, 2.75) is 58.8 Å². The molecule has 290 valence electrons. The van der Waals surface area contributed by atoms with Crippen LogP contribution in [0.25, 0.3) is 44.9 Å². The molecule has 0 bridgehead atoms. The van der Waals surface area contributed by atoms with Crippen molar-refractivity contribution in [2.75, 3.05) is 9.80 Å². The second kappa shape index (κ2) is 15.0. The van der Waals surface area contributed by atoms with Crippen molar-refractivity contribution >= 4 is 45.8 Å². The summed E-state index contributed by atoms with van der Waals surface area (Å²) < 4.78 is 2.56. The number of aromatic nitrogens is 1. The van der Waals surface area contributed by atoms with Crippen LogP contribution in [0.4, 0.5) is 17.1 Å². The summed E-state index contributed by atoms with van der Waals surface area (Å²) >= 11 is 2.03. The molecule has 11 rings (SSSR count). The first-order valence-electron chi connectivity index (χ1n) is 21.5. The Hall–Kier alpha value is -5.97. The number of fused-ring (bicyclic) bond motifs is 3. The number of allylic oxidation sites excluding steroid dienone is 10. The van der Waals surface area contributed by atoms with E-state index in [1.54, 1.807) is 4.91 Å². The molecule has 0 saturated heterocycles. The Morgan fingerprint density at radius 2 is 1.32 bits per heavy atom. The van der Waals surface area contributed by atoms with Crippen molar-refractivity contribution in [3.05, 3.63) is 196 Å². The first kappa shape index (κ1) is 36.1. The van der Waals surface area contributed by atoms with Gasteiger partial charge in [-0.3, -0.25) is 0 Å². The molecule has 0 N–H and O–H groups in total. The molecular formula is C55H49N3S. The van der Waals surface area contributed by atoms with Crippen molar-refractivity contribution in [3.8, 4) is 27.9 Å². The minimum Gasteiger partial charge on any atom is -0.316 e. The van der Waals surface area contributed by atoms with Crippen LogP contribution in [0.2, 0.25) is 0 Å². The van der Waals surface area contributed by atoms with E-state index in [0.717, 1.165) is 38.5 Å². The van der Waals surface area contributed by atoms with Crippen LogP contribution < -0.4 is 9.80 Å². The number of thioether (sulfide) groups is 1. The highest BCUT2D eigenvalue weighted by molar-refractivity contribution is 8.07.